The van der Waals surface area contributed by atoms with Crippen molar-refractivity contribution in [3.63, 3.8) is 0 Å². The summed E-state index contributed by atoms with van der Waals surface area (Å²) in [5.41, 5.74) is 13.0. The number of nitrogens with two attached hydrogens (primary N) is 2. The third-order valence-electron chi connectivity index (χ3n) is 7.51. The largest absolute Gasteiger partial charge is 0.493 e. The molecule has 2 aromatic carbocycles. The SMILES string of the molecule is COc1ccc2c(c1OCCO)O[C@@H]1c3ccc(O[C@H]4O[C@H]([C@H](OC(=O)CC(=O)O)C(N)N)[C@@H](O)[C@H](O)[C@H]4O)cc3OC[C@@H]21. The van der Waals surface area contributed by atoms with Gasteiger partial charge < -0.3 is 70.2 Å². The fourth-order valence-corrected chi connectivity index (χ4v) is 5.43. The lowest BCUT2D eigenvalue weighted by Gasteiger charge is -2.43. The first-order valence-corrected chi connectivity index (χ1v) is 13.7. The van der Waals surface area contributed by atoms with E-state index in [1.807, 2.05) is 6.07 Å². The summed E-state index contributed by atoms with van der Waals surface area (Å²) >= 11 is 0. The van der Waals surface area contributed by atoms with Gasteiger partial charge >= 0.3 is 11.9 Å². The van der Waals surface area contributed by atoms with Crippen LogP contribution in [-0.4, -0.2) is 107 Å². The maximum Gasteiger partial charge on any atom is 0.317 e. The standard InChI is InChI=1S/C28H34N2O14/c1-38-15-5-4-12-14-10-40-16-8-11(2-3-13(16)22(14)43-23(12)24(15)39-7-6-31)41-28-21(37)19(35)20(36)25(44-28)26(27(29)30)42-18(34)9-17(32)33/h2-5,8,14,19-22,25-28,31,35-37H,6-7,9-10,29-30H2,1H3,(H,32,33)/t14-,19-,20-,21+,22+,25-,26-,28-/m0/s1. The first-order chi connectivity index (χ1) is 21.0. The van der Waals surface area contributed by atoms with Crippen LogP contribution in [0.15, 0.2) is 30.3 Å². The maximum absolute atomic E-state index is 12.0. The van der Waals surface area contributed by atoms with Gasteiger partial charge in [-0.1, -0.05) is 6.07 Å². The molecule has 0 aliphatic carbocycles. The van der Waals surface area contributed by atoms with Crippen LogP contribution >= 0.6 is 0 Å². The second-order valence-electron chi connectivity index (χ2n) is 10.4. The highest BCUT2D eigenvalue weighted by atomic mass is 16.7. The highest BCUT2D eigenvalue weighted by molar-refractivity contribution is 5.90. The summed E-state index contributed by atoms with van der Waals surface area (Å²) in [6.45, 7) is 0.0942. The predicted molar refractivity (Wildman–Crippen MR) is 145 cm³/mol. The van der Waals surface area contributed by atoms with Gasteiger partial charge in [0.25, 0.3) is 0 Å². The van der Waals surface area contributed by atoms with Crippen molar-refractivity contribution in [3.8, 4) is 28.7 Å². The molecule has 3 heterocycles. The molecule has 3 aliphatic heterocycles. The molecule has 240 valence electrons. The van der Waals surface area contributed by atoms with Crippen molar-refractivity contribution < 1.29 is 68.3 Å². The molecule has 16 nitrogen and oxygen atoms in total. The molecule has 0 bridgehead atoms. The zero-order valence-corrected chi connectivity index (χ0v) is 23.5. The van der Waals surface area contributed by atoms with Crippen LogP contribution in [0, 0.1) is 0 Å². The molecule has 5 rings (SSSR count). The molecule has 3 aliphatic rings. The third-order valence-corrected chi connectivity index (χ3v) is 7.51. The highest BCUT2D eigenvalue weighted by Crippen LogP contribution is 2.56. The second kappa shape index (κ2) is 13.0. The molecular formula is C28H34N2O14. The summed E-state index contributed by atoms with van der Waals surface area (Å²) in [5, 5.41) is 49.8. The Morgan fingerprint density at radius 3 is 2.50 bits per heavy atom. The number of methoxy groups -OCH3 is 1. The molecule has 0 amide bonds. The van der Waals surface area contributed by atoms with Crippen molar-refractivity contribution in [1.82, 2.24) is 0 Å². The van der Waals surface area contributed by atoms with E-state index in [9.17, 15) is 30.0 Å². The smallest absolute Gasteiger partial charge is 0.317 e. The van der Waals surface area contributed by atoms with Crippen molar-refractivity contribution in [3.05, 3.63) is 41.5 Å². The van der Waals surface area contributed by atoms with Gasteiger partial charge in [0.05, 0.1) is 32.4 Å². The Balaban J connectivity index is 1.34. The number of aliphatic carboxylic acids is 1. The second-order valence-corrected chi connectivity index (χ2v) is 10.4. The van der Waals surface area contributed by atoms with Crippen LogP contribution in [0.3, 0.4) is 0 Å². The summed E-state index contributed by atoms with van der Waals surface area (Å²) in [5.74, 6) is -0.979. The lowest BCUT2D eigenvalue weighted by molar-refractivity contribution is -0.291. The van der Waals surface area contributed by atoms with Gasteiger partial charge in [0.15, 0.2) is 17.6 Å². The van der Waals surface area contributed by atoms with Crippen LogP contribution in [0.4, 0.5) is 0 Å². The minimum absolute atomic E-state index is 0.0453. The van der Waals surface area contributed by atoms with E-state index in [1.165, 1.54) is 13.2 Å². The first kappa shape index (κ1) is 31.5. The number of carbonyl (C=O) groups excluding carboxylic acids is 1. The number of hydrogen-bond acceptors (Lipinski definition) is 15. The van der Waals surface area contributed by atoms with Gasteiger partial charge in [-0.15, -0.1) is 0 Å². The number of aliphatic hydroxyl groups is 4. The van der Waals surface area contributed by atoms with Crippen LogP contribution in [0.1, 0.15) is 29.6 Å². The van der Waals surface area contributed by atoms with Gasteiger partial charge in [0.1, 0.15) is 55.0 Å². The van der Waals surface area contributed by atoms with Crippen molar-refractivity contribution >= 4 is 11.9 Å². The molecule has 1 saturated heterocycles. The Bertz CT molecular complexity index is 1370. The number of carboxylic acids is 1. The number of ether oxygens (including phenoxy) is 7. The van der Waals surface area contributed by atoms with Gasteiger partial charge in [0.2, 0.25) is 12.0 Å². The first-order valence-electron chi connectivity index (χ1n) is 13.7. The number of carbonyl (C=O) groups is 2. The van der Waals surface area contributed by atoms with E-state index in [2.05, 4.69) is 0 Å². The number of hydrogen-bond donors (Lipinski definition) is 7. The average molecular weight is 623 g/mol. The van der Waals surface area contributed by atoms with E-state index in [4.69, 9.17) is 49.7 Å². The molecule has 44 heavy (non-hydrogen) atoms. The minimum Gasteiger partial charge on any atom is -0.493 e. The molecule has 2 aromatic rings. The summed E-state index contributed by atoms with van der Waals surface area (Å²) in [4.78, 5) is 22.9. The number of esters is 1. The fraction of sp³-hybridized carbons (Fsp3) is 0.500. The Morgan fingerprint density at radius 1 is 1.07 bits per heavy atom. The molecule has 0 spiro atoms. The molecule has 0 radical (unpaired) electrons. The molecule has 8 atom stereocenters. The zero-order chi connectivity index (χ0) is 31.7. The number of rotatable bonds is 11. The Morgan fingerprint density at radius 2 is 1.82 bits per heavy atom. The normalized spacial score (nSPS) is 27.6. The number of aliphatic hydroxyl groups excluding tert-OH is 4. The van der Waals surface area contributed by atoms with Gasteiger partial charge in [-0.25, -0.2) is 0 Å². The van der Waals surface area contributed by atoms with E-state index in [1.54, 1.807) is 18.2 Å². The number of carboxylic acid groups (broad SMARTS) is 1. The lowest BCUT2D eigenvalue weighted by Crippen LogP contribution is -2.66. The van der Waals surface area contributed by atoms with Gasteiger partial charge in [-0.2, -0.15) is 0 Å². The van der Waals surface area contributed by atoms with Gasteiger partial charge in [0, 0.05) is 17.2 Å². The monoisotopic (exact) mass is 622 g/mol. The summed E-state index contributed by atoms with van der Waals surface area (Å²) in [6.07, 6.45) is -13.1. The van der Waals surface area contributed by atoms with Gasteiger partial charge in [-0.3, -0.25) is 9.59 Å². The quantitative estimate of drug-likeness (QED) is 0.0854. The van der Waals surface area contributed by atoms with Crippen LogP contribution in [0.5, 0.6) is 28.7 Å². The molecular weight excluding hydrogens is 588 g/mol. The number of fused-ring (bicyclic) bond motifs is 5. The highest BCUT2D eigenvalue weighted by Gasteiger charge is 2.50. The van der Waals surface area contributed by atoms with Gasteiger partial charge in [-0.05, 0) is 18.2 Å². The van der Waals surface area contributed by atoms with Crippen LogP contribution in [-0.2, 0) is 19.1 Å². The Hall–Kier alpha value is -3.90. The van der Waals surface area contributed by atoms with E-state index in [0.717, 1.165) is 5.56 Å². The van der Waals surface area contributed by atoms with E-state index >= 15 is 0 Å². The molecule has 1 fully saturated rings. The third kappa shape index (κ3) is 6.05. The summed E-state index contributed by atoms with van der Waals surface area (Å²) < 4.78 is 40.0. The summed E-state index contributed by atoms with van der Waals surface area (Å²) in [6, 6.07) is 8.41. The number of benzene rings is 2. The maximum atomic E-state index is 12.0. The summed E-state index contributed by atoms with van der Waals surface area (Å²) in [7, 11) is 1.50. The van der Waals surface area contributed by atoms with Crippen LogP contribution in [0.25, 0.3) is 0 Å². The fourth-order valence-electron chi connectivity index (χ4n) is 5.43. The molecule has 0 unspecified atom stereocenters. The van der Waals surface area contributed by atoms with Crippen molar-refractivity contribution in [2.24, 2.45) is 11.5 Å². The van der Waals surface area contributed by atoms with Crippen molar-refractivity contribution in [1.29, 1.82) is 0 Å². The molecule has 9 N–H and O–H groups in total. The molecule has 0 aromatic heterocycles. The van der Waals surface area contributed by atoms with Crippen molar-refractivity contribution in [2.75, 3.05) is 26.9 Å². The Kier molecular flexibility index (Phi) is 9.31. The van der Waals surface area contributed by atoms with Crippen LogP contribution < -0.4 is 35.2 Å². The molecule has 0 saturated carbocycles. The lowest BCUT2D eigenvalue weighted by atomic mass is 9.89. The topological polar surface area (TPSA) is 252 Å². The Labute approximate surface area is 250 Å². The van der Waals surface area contributed by atoms with Crippen molar-refractivity contribution in [2.45, 2.75) is 61.4 Å². The predicted octanol–water partition coefficient (Wildman–Crippen LogP) is -1.51. The molecule has 16 heteroatoms. The zero-order valence-electron chi connectivity index (χ0n) is 23.5. The van der Waals surface area contributed by atoms with E-state index < -0.39 is 67.4 Å². The van der Waals surface area contributed by atoms with E-state index in [0.29, 0.717) is 28.6 Å². The van der Waals surface area contributed by atoms with E-state index in [-0.39, 0.29) is 31.5 Å². The average Bonchev–Trinajstić information content (AvgIpc) is 3.37. The minimum atomic E-state index is -1.84. The van der Waals surface area contributed by atoms with Crippen LogP contribution in [0.2, 0.25) is 0 Å².